The maximum Gasteiger partial charge on any atom is 0.326 e. The highest BCUT2D eigenvalue weighted by molar-refractivity contribution is 5.94. The van der Waals surface area contributed by atoms with Crippen molar-refractivity contribution in [1.82, 2.24) is 16.0 Å². The van der Waals surface area contributed by atoms with Gasteiger partial charge in [0.2, 0.25) is 23.6 Å². The number of hydrogen-bond acceptors (Lipinski definition) is 6. The van der Waals surface area contributed by atoms with Gasteiger partial charge in [-0.25, -0.2) is 4.79 Å². The van der Waals surface area contributed by atoms with Crippen LogP contribution in [0.25, 0.3) is 0 Å². The van der Waals surface area contributed by atoms with Crippen LogP contribution in [0.4, 0.5) is 0 Å². The Morgan fingerprint density at radius 2 is 1.56 bits per heavy atom. The molecule has 1 rings (SSSR count). The zero-order valence-electron chi connectivity index (χ0n) is 19.7. The Hall–Kier alpha value is -3.47. The maximum atomic E-state index is 12.8. The minimum atomic E-state index is -1.34. The van der Waals surface area contributed by atoms with Crippen LogP contribution in [0.1, 0.15) is 45.6 Å². The lowest BCUT2D eigenvalue weighted by Crippen LogP contribution is -2.58. The van der Waals surface area contributed by atoms with E-state index in [0.717, 1.165) is 5.56 Å². The van der Waals surface area contributed by atoms with Crippen LogP contribution in [0.15, 0.2) is 30.3 Å². The smallest absolute Gasteiger partial charge is 0.326 e. The Bertz CT molecular complexity index is 863. The molecule has 11 heteroatoms. The first-order valence-corrected chi connectivity index (χ1v) is 11.2. The van der Waals surface area contributed by atoms with Crippen LogP contribution >= 0.6 is 0 Å². The third kappa shape index (κ3) is 9.57. The molecule has 34 heavy (non-hydrogen) atoms. The van der Waals surface area contributed by atoms with E-state index in [2.05, 4.69) is 16.0 Å². The largest absolute Gasteiger partial charge is 0.480 e. The molecular weight excluding hydrogens is 442 g/mol. The standard InChI is InChI=1S/C23H35N5O6/c1-4-13(2)19(22(32)27-17(23(33)34)10-11-18(25)29)28-20(30)14(3)26-21(31)16(24)12-15-8-6-5-7-9-15/h5-9,13-14,16-17,19H,4,10-12,24H2,1-3H3,(H2,25,29)(H,26,31)(H,27,32)(H,28,30)(H,33,34). The Morgan fingerprint density at radius 1 is 0.941 bits per heavy atom. The molecule has 0 saturated heterocycles. The van der Waals surface area contributed by atoms with Crippen LogP contribution < -0.4 is 27.4 Å². The average molecular weight is 478 g/mol. The molecule has 0 aliphatic heterocycles. The van der Waals surface area contributed by atoms with Gasteiger partial charge in [0.15, 0.2) is 0 Å². The monoisotopic (exact) mass is 477 g/mol. The van der Waals surface area contributed by atoms with E-state index in [1.165, 1.54) is 6.92 Å². The number of carboxylic acids is 1. The lowest BCUT2D eigenvalue weighted by atomic mass is 9.97. The summed E-state index contributed by atoms with van der Waals surface area (Å²) in [5.41, 5.74) is 11.9. The van der Waals surface area contributed by atoms with Crippen molar-refractivity contribution in [2.45, 2.75) is 70.6 Å². The Labute approximate surface area is 199 Å². The van der Waals surface area contributed by atoms with Gasteiger partial charge in [-0.2, -0.15) is 0 Å². The zero-order chi connectivity index (χ0) is 25.8. The first-order valence-electron chi connectivity index (χ1n) is 11.2. The number of rotatable bonds is 14. The van der Waals surface area contributed by atoms with Crippen molar-refractivity contribution >= 4 is 29.6 Å². The molecule has 0 aliphatic rings. The van der Waals surface area contributed by atoms with Gasteiger partial charge >= 0.3 is 5.97 Å². The van der Waals surface area contributed by atoms with E-state index in [1.54, 1.807) is 6.92 Å². The molecule has 0 aromatic heterocycles. The summed E-state index contributed by atoms with van der Waals surface area (Å²) in [5.74, 6) is -4.20. The lowest BCUT2D eigenvalue weighted by molar-refractivity contribution is -0.143. The fourth-order valence-corrected chi connectivity index (χ4v) is 3.13. The Morgan fingerprint density at radius 3 is 2.09 bits per heavy atom. The van der Waals surface area contributed by atoms with Crippen LogP contribution in [0, 0.1) is 5.92 Å². The van der Waals surface area contributed by atoms with Crippen molar-refractivity contribution in [2.24, 2.45) is 17.4 Å². The molecule has 11 nitrogen and oxygen atoms in total. The minimum absolute atomic E-state index is 0.177. The number of nitrogens with one attached hydrogen (secondary N) is 3. The Balaban J connectivity index is 2.77. The third-order valence-corrected chi connectivity index (χ3v) is 5.47. The molecule has 4 amide bonds. The van der Waals surface area contributed by atoms with Crippen molar-refractivity contribution in [1.29, 1.82) is 0 Å². The van der Waals surface area contributed by atoms with Crippen LogP contribution in [0.3, 0.4) is 0 Å². The molecule has 0 bridgehead atoms. The number of amides is 4. The van der Waals surface area contributed by atoms with Gasteiger partial charge in [0.05, 0.1) is 6.04 Å². The molecule has 1 aromatic carbocycles. The molecule has 0 saturated carbocycles. The number of hydrogen-bond donors (Lipinski definition) is 6. The second-order valence-electron chi connectivity index (χ2n) is 8.30. The lowest BCUT2D eigenvalue weighted by Gasteiger charge is -2.27. The van der Waals surface area contributed by atoms with Gasteiger partial charge in [-0.15, -0.1) is 0 Å². The summed E-state index contributed by atoms with van der Waals surface area (Å²) in [6.45, 7) is 5.00. The number of aliphatic carboxylic acids is 1. The van der Waals surface area contributed by atoms with Gasteiger partial charge in [0.25, 0.3) is 0 Å². The van der Waals surface area contributed by atoms with E-state index in [4.69, 9.17) is 11.5 Å². The van der Waals surface area contributed by atoms with E-state index in [9.17, 15) is 29.1 Å². The summed E-state index contributed by atoms with van der Waals surface area (Å²) < 4.78 is 0. The average Bonchev–Trinajstić information content (AvgIpc) is 2.79. The Kier molecular flexibility index (Phi) is 11.7. The van der Waals surface area contributed by atoms with Crippen molar-refractivity contribution in [3.05, 3.63) is 35.9 Å². The quantitative estimate of drug-likeness (QED) is 0.206. The molecule has 0 aliphatic carbocycles. The molecule has 5 unspecified atom stereocenters. The van der Waals surface area contributed by atoms with Crippen LogP contribution in [0.5, 0.6) is 0 Å². The molecule has 188 valence electrons. The fourth-order valence-electron chi connectivity index (χ4n) is 3.13. The minimum Gasteiger partial charge on any atom is -0.480 e. The second-order valence-corrected chi connectivity index (χ2v) is 8.30. The number of carboxylic acid groups (broad SMARTS) is 1. The van der Waals surface area contributed by atoms with Gasteiger partial charge in [-0.05, 0) is 31.2 Å². The summed E-state index contributed by atoms with van der Waals surface area (Å²) in [7, 11) is 0. The number of nitrogens with two attached hydrogens (primary N) is 2. The summed E-state index contributed by atoms with van der Waals surface area (Å²) in [6, 6.07) is 4.95. The van der Waals surface area contributed by atoms with Crippen LogP contribution in [-0.4, -0.2) is 58.9 Å². The summed E-state index contributed by atoms with van der Waals surface area (Å²) in [5, 5.41) is 16.8. The summed E-state index contributed by atoms with van der Waals surface area (Å²) in [4.78, 5) is 60.3. The maximum absolute atomic E-state index is 12.8. The molecule has 1 aromatic rings. The van der Waals surface area contributed by atoms with Crippen molar-refractivity contribution in [3.63, 3.8) is 0 Å². The molecule has 0 heterocycles. The topological polar surface area (TPSA) is 194 Å². The number of primary amides is 1. The molecule has 5 atom stereocenters. The molecule has 0 radical (unpaired) electrons. The first-order chi connectivity index (χ1) is 16.0. The number of carbonyl (C=O) groups is 5. The summed E-state index contributed by atoms with van der Waals surface area (Å²) >= 11 is 0. The third-order valence-electron chi connectivity index (χ3n) is 5.47. The van der Waals surface area contributed by atoms with Gasteiger partial charge < -0.3 is 32.5 Å². The molecule has 0 fully saturated rings. The van der Waals surface area contributed by atoms with Crippen molar-refractivity contribution in [2.75, 3.05) is 0 Å². The van der Waals surface area contributed by atoms with Crippen molar-refractivity contribution < 1.29 is 29.1 Å². The summed E-state index contributed by atoms with van der Waals surface area (Å²) in [6.07, 6.45) is 0.411. The van der Waals surface area contributed by atoms with Crippen molar-refractivity contribution in [3.8, 4) is 0 Å². The highest BCUT2D eigenvalue weighted by atomic mass is 16.4. The van der Waals surface area contributed by atoms with E-state index < -0.39 is 53.8 Å². The van der Waals surface area contributed by atoms with Gasteiger partial charge in [0, 0.05) is 6.42 Å². The van der Waals surface area contributed by atoms with E-state index in [-0.39, 0.29) is 18.8 Å². The highest BCUT2D eigenvalue weighted by Crippen LogP contribution is 2.10. The SMILES string of the molecule is CCC(C)C(NC(=O)C(C)NC(=O)C(N)Cc1ccccc1)C(=O)NC(CCC(N)=O)C(=O)O. The number of benzene rings is 1. The molecule has 0 spiro atoms. The fraction of sp³-hybridized carbons (Fsp3) is 0.522. The predicted octanol–water partition coefficient (Wildman–Crippen LogP) is -0.573. The van der Waals surface area contributed by atoms with Gasteiger partial charge in [0.1, 0.15) is 18.1 Å². The van der Waals surface area contributed by atoms with E-state index in [0.29, 0.717) is 12.8 Å². The second kappa shape index (κ2) is 13.9. The van der Waals surface area contributed by atoms with Gasteiger partial charge in [-0.3, -0.25) is 19.2 Å². The van der Waals surface area contributed by atoms with Gasteiger partial charge in [-0.1, -0.05) is 50.6 Å². The first kappa shape index (κ1) is 28.6. The molecular formula is C23H35N5O6. The number of carbonyl (C=O) groups excluding carboxylic acids is 4. The normalized spacial score (nSPS) is 15.2. The zero-order valence-corrected chi connectivity index (χ0v) is 19.7. The van der Waals surface area contributed by atoms with Crippen LogP contribution in [-0.2, 0) is 30.4 Å². The van der Waals surface area contributed by atoms with Crippen LogP contribution in [0.2, 0.25) is 0 Å². The highest BCUT2D eigenvalue weighted by Gasteiger charge is 2.31. The van der Waals surface area contributed by atoms with E-state index in [1.807, 2.05) is 37.3 Å². The molecule has 8 N–H and O–H groups in total. The van der Waals surface area contributed by atoms with E-state index >= 15 is 0 Å². The predicted molar refractivity (Wildman–Crippen MR) is 125 cm³/mol.